The molecule has 20 heavy (non-hydrogen) atoms. The van der Waals surface area contributed by atoms with E-state index in [9.17, 15) is 4.79 Å². The van der Waals surface area contributed by atoms with Crippen LogP contribution in [0.2, 0.25) is 0 Å². The predicted molar refractivity (Wildman–Crippen MR) is 80.8 cm³/mol. The van der Waals surface area contributed by atoms with E-state index in [0.29, 0.717) is 11.0 Å². The van der Waals surface area contributed by atoms with E-state index in [1.165, 1.54) is 32.1 Å². The third-order valence-corrected chi connectivity index (χ3v) is 4.01. The molecule has 0 saturated carbocycles. The van der Waals surface area contributed by atoms with Crippen LogP contribution in [0.5, 0.6) is 0 Å². The molecule has 0 unspecified atom stereocenters. The lowest BCUT2D eigenvalue weighted by atomic mass is 10.1. The molecule has 0 amide bonds. The molecule has 0 atom stereocenters. The van der Waals surface area contributed by atoms with Gasteiger partial charge in [0, 0.05) is 6.07 Å². The van der Waals surface area contributed by atoms with Gasteiger partial charge < -0.3 is 4.42 Å². The highest BCUT2D eigenvalue weighted by atomic mass is 16.3. The fraction of sp³-hybridized carbons (Fsp3) is 0.471. The molecule has 1 aliphatic heterocycles. The SMILES string of the molecule is O=c1cc(CN2CCCCCCC2)oc2ccccc12. The van der Waals surface area contributed by atoms with Crippen molar-refractivity contribution in [2.75, 3.05) is 13.1 Å². The van der Waals surface area contributed by atoms with Crippen LogP contribution in [0.1, 0.15) is 37.9 Å². The van der Waals surface area contributed by atoms with E-state index in [2.05, 4.69) is 4.90 Å². The molecule has 1 aliphatic rings. The second kappa shape index (κ2) is 6.23. The molecule has 1 aromatic heterocycles. The number of fused-ring (bicyclic) bond motifs is 1. The summed E-state index contributed by atoms with van der Waals surface area (Å²) in [6.07, 6.45) is 6.49. The van der Waals surface area contributed by atoms with Gasteiger partial charge in [-0.15, -0.1) is 0 Å². The number of para-hydroxylation sites is 1. The summed E-state index contributed by atoms with van der Waals surface area (Å²) in [5.74, 6) is 0.786. The Morgan fingerprint density at radius 3 is 2.50 bits per heavy atom. The van der Waals surface area contributed by atoms with Gasteiger partial charge in [0.05, 0.1) is 11.9 Å². The van der Waals surface area contributed by atoms with Gasteiger partial charge in [0.2, 0.25) is 0 Å². The van der Waals surface area contributed by atoms with Crippen LogP contribution >= 0.6 is 0 Å². The first-order valence-corrected chi connectivity index (χ1v) is 7.57. The molecule has 1 saturated heterocycles. The average Bonchev–Trinajstić information content (AvgIpc) is 2.42. The number of benzene rings is 1. The molecule has 3 rings (SSSR count). The molecule has 3 heteroatoms. The van der Waals surface area contributed by atoms with Gasteiger partial charge in [-0.05, 0) is 38.1 Å². The Balaban J connectivity index is 1.81. The molecular weight excluding hydrogens is 250 g/mol. The third-order valence-electron chi connectivity index (χ3n) is 4.01. The summed E-state index contributed by atoms with van der Waals surface area (Å²) in [5, 5.41) is 0.670. The number of likely N-dealkylation sites (tertiary alicyclic amines) is 1. The van der Waals surface area contributed by atoms with Gasteiger partial charge in [-0.3, -0.25) is 9.69 Å². The lowest BCUT2D eigenvalue weighted by molar-refractivity contribution is 0.223. The molecule has 0 aliphatic carbocycles. The summed E-state index contributed by atoms with van der Waals surface area (Å²) < 4.78 is 5.88. The van der Waals surface area contributed by atoms with Crippen LogP contribution in [-0.4, -0.2) is 18.0 Å². The fourth-order valence-electron chi connectivity index (χ4n) is 2.92. The van der Waals surface area contributed by atoms with Crippen LogP contribution in [0, 0.1) is 0 Å². The van der Waals surface area contributed by atoms with Crippen molar-refractivity contribution in [1.82, 2.24) is 4.90 Å². The summed E-state index contributed by atoms with van der Waals surface area (Å²) >= 11 is 0. The quantitative estimate of drug-likeness (QED) is 0.837. The Hall–Kier alpha value is -1.61. The third kappa shape index (κ3) is 3.10. The van der Waals surface area contributed by atoms with Gasteiger partial charge in [0.1, 0.15) is 11.3 Å². The molecule has 2 aromatic rings. The highest BCUT2D eigenvalue weighted by molar-refractivity contribution is 5.76. The lowest BCUT2D eigenvalue weighted by Gasteiger charge is -2.23. The van der Waals surface area contributed by atoms with Crippen molar-refractivity contribution in [3.63, 3.8) is 0 Å². The molecule has 2 heterocycles. The smallest absolute Gasteiger partial charge is 0.192 e. The van der Waals surface area contributed by atoms with E-state index < -0.39 is 0 Å². The van der Waals surface area contributed by atoms with Crippen LogP contribution < -0.4 is 5.43 Å². The van der Waals surface area contributed by atoms with Crippen molar-refractivity contribution in [2.24, 2.45) is 0 Å². The van der Waals surface area contributed by atoms with Crippen molar-refractivity contribution in [1.29, 1.82) is 0 Å². The highest BCUT2D eigenvalue weighted by Crippen LogP contribution is 2.16. The summed E-state index contributed by atoms with van der Waals surface area (Å²) in [6.45, 7) is 2.97. The minimum Gasteiger partial charge on any atom is -0.459 e. The maximum absolute atomic E-state index is 12.1. The topological polar surface area (TPSA) is 33.5 Å². The minimum atomic E-state index is 0.0638. The van der Waals surface area contributed by atoms with Crippen LogP contribution in [-0.2, 0) is 6.54 Å². The van der Waals surface area contributed by atoms with Gasteiger partial charge in [-0.25, -0.2) is 0 Å². The van der Waals surface area contributed by atoms with Crippen LogP contribution in [0.25, 0.3) is 11.0 Å². The molecule has 1 fully saturated rings. The Labute approximate surface area is 119 Å². The second-order valence-corrected chi connectivity index (χ2v) is 5.62. The zero-order chi connectivity index (χ0) is 13.8. The normalized spacial score (nSPS) is 17.8. The first kappa shape index (κ1) is 13.4. The van der Waals surface area contributed by atoms with Gasteiger partial charge >= 0.3 is 0 Å². The zero-order valence-electron chi connectivity index (χ0n) is 11.8. The summed E-state index contributed by atoms with van der Waals surface area (Å²) in [7, 11) is 0. The number of hydrogen-bond donors (Lipinski definition) is 0. The molecule has 0 radical (unpaired) electrons. The Bertz CT molecular complexity index is 624. The standard InChI is InChI=1S/C17H21NO2/c19-16-12-14(20-17-9-5-4-8-15(16)17)13-18-10-6-2-1-3-7-11-18/h4-5,8-9,12H,1-3,6-7,10-11,13H2. The fourth-order valence-corrected chi connectivity index (χ4v) is 2.92. The van der Waals surface area contributed by atoms with Crippen molar-refractivity contribution >= 4 is 11.0 Å². The number of hydrogen-bond acceptors (Lipinski definition) is 3. The highest BCUT2D eigenvalue weighted by Gasteiger charge is 2.11. The summed E-state index contributed by atoms with van der Waals surface area (Å²) in [6, 6.07) is 9.12. The van der Waals surface area contributed by atoms with Gasteiger partial charge in [-0.2, -0.15) is 0 Å². The lowest BCUT2D eigenvalue weighted by Crippen LogP contribution is -2.27. The maximum Gasteiger partial charge on any atom is 0.192 e. The largest absolute Gasteiger partial charge is 0.459 e. The zero-order valence-corrected chi connectivity index (χ0v) is 11.8. The van der Waals surface area contributed by atoms with E-state index in [1.54, 1.807) is 6.07 Å². The van der Waals surface area contributed by atoms with Crippen LogP contribution in [0.15, 0.2) is 39.5 Å². The summed E-state index contributed by atoms with van der Waals surface area (Å²) in [5.41, 5.74) is 0.760. The molecule has 3 nitrogen and oxygen atoms in total. The van der Waals surface area contributed by atoms with Crippen LogP contribution in [0.3, 0.4) is 0 Å². The average molecular weight is 271 g/mol. The van der Waals surface area contributed by atoms with Gasteiger partial charge in [0.25, 0.3) is 0 Å². The monoisotopic (exact) mass is 271 g/mol. The Morgan fingerprint density at radius 1 is 1.00 bits per heavy atom. The van der Waals surface area contributed by atoms with Crippen molar-refractivity contribution < 1.29 is 4.42 Å². The molecule has 0 N–H and O–H groups in total. The molecule has 1 aromatic carbocycles. The van der Waals surface area contributed by atoms with E-state index in [1.807, 2.05) is 24.3 Å². The van der Waals surface area contributed by atoms with Crippen molar-refractivity contribution in [3.05, 3.63) is 46.3 Å². The van der Waals surface area contributed by atoms with E-state index >= 15 is 0 Å². The first-order valence-electron chi connectivity index (χ1n) is 7.57. The number of rotatable bonds is 2. The molecule has 0 bridgehead atoms. The van der Waals surface area contributed by atoms with Gasteiger partial charge in [-0.1, -0.05) is 31.4 Å². The van der Waals surface area contributed by atoms with Crippen molar-refractivity contribution in [2.45, 2.75) is 38.6 Å². The molecular formula is C17H21NO2. The Kier molecular flexibility index (Phi) is 4.16. The molecule has 0 spiro atoms. The number of nitrogens with zero attached hydrogens (tertiary/aromatic N) is 1. The maximum atomic E-state index is 12.1. The minimum absolute atomic E-state index is 0.0638. The van der Waals surface area contributed by atoms with Crippen LogP contribution in [0.4, 0.5) is 0 Å². The van der Waals surface area contributed by atoms with E-state index in [0.717, 1.165) is 25.4 Å². The Morgan fingerprint density at radius 2 is 1.70 bits per heavy atom. The first-order chi connectivity index (χ1) is 9.83. The van der Waals surface area contributed by atoms with E-state index in [4.69, 9.17) is 4.42 Å². The van der Waals surface area contributed by atoms with E-state index in [-0.39, 0.29) is 5.43 Å². The second-order valence-electron chi connectivity index (χ2n) is 5.62. The van der Waals surface area contributed by atoms with Crippen molar-refractivity contribution in [3.8, 4) is 0 Å². The molecule has 106 valence electrons. The van der Waals surface area contributed by atoms with Gasteiger partial charge in [0.15, 0.2) is 5.43 Å². The summed E-state index contributed by atoms with van der Waals surface area (Å²) in [4.78, 5) is 14.5. The predicted octanol–water partition coefficient (Wildman–Crippen LogP) is 3.56.